The van der Waals surface area contributed by atoms with Crippen molar-refractivity contribution in [1.82, 2.24) is 10.2 Å². The number of piperidine rings is 1. The van der Waals surface area contributed by atoms with Crippen LogP contribution >= 0.6 is 11.3 Å². The lowest BCUT2D eigenvalue weighted by Crippen LogP contribution is -2.32. The lowest BCUT2D eigenvalue weighted by Gasteiger charge is -2.28. The maximum absolute atomic E-state index is 11.8. The first kappa shape index (κ1) is 14.2. The topological polar surface area (TPSA) is 49.4 Å². The van der Waals surface area contributed by atoms with Crippen LogP contribution < -0.4 is 5.32 Å². The zero-order valence-corrected chi connectivity index (χ0v) is 12.0. The number of likely N-dealkylation sites (tertiary alicyclic amines) is 1. The summed E-state index contributed by atoms with van der Waals surface area (Å²) < 4.78 is 0. The molecule has 0 atom stereocenters. The van der Waals surface area contributed by atoms with Crippen molar-refractivity contribution in [3.05, 3.63) is 21.9 Å². The fourth-order valence-corrected chi connectivity index (χ4v) is 3.10. The normalized spacial score (nSPS) is 17.3. The number of nitrogens with zero attached hydrogens (tertiary/aromatic N) is 1. The number of hydrogen-bond acceptors (Lipinski definition) is 4. The molecule has 1 amide bonds. The zero-order chi connectivity index (χ0) is 13.7. The second-order valence-corrected chi connectivity index (χ2v) is 6.23. The molecule has 1 fully saturated rings. The summed E-state index contributed by atoms with van der Waals surface area (Å²) in [6.07, 6.45) is 4.27. The number of carbonyl (C=O) groups is 2. The van der Waals surface area contributed by atoms with Crippen LogP contribution in [0.15, 0.2) is 12.1 Å². The Balaban J connectivity index is 1.70. The van der Waals surface area contributed by atoms with Crippen LogP contribution in [-0.4, -0.2) is 43.8 Å². The predicted octanol–water partition coefficient (Wildman–Crippen LogP) is 2.02. The number of amides is 1. The van der Waals surface area contributed by atoms with Gasteiger partial charge in [-0.15, -0.1) is 11.3 Å². The van der Waals surface area contributed by atoms with Gasteiger partial charge in [0, 0.05) is 6.54 Å². The van der Waals surface area contributed by atoms with E-state index in [-0.39, 0.29) is 5.91 Å². The van der Waals surface area contributed by atoms with Gasteiger partial charge in [-0.25, -0.2) is 0 Å². The quantitative estimate of drug-likeness (QED) is 0.840. The molecule has 1 aliphatic heterocycles. The van der Waals surface area contributed by atoms with Crippen LogP contribution in [0.1, 0.15) is 38.6 Å². The Bertz CT molecular complexity index is 436. The van der Waals surface area contributed by atoms with Gasteiger partial charge < -0.3 is 10.2 Å². The molecule has 104 valence electrons. The molecular formula is C14H20N2O2S. The summed E-state index contributed by atoms with van der Waals surface area (Å²) in [6, 6.07) is 3.39. The number of thiophene rings is 1. The summed E-state index contributed by atoms with van der Waals surface area (Å²) in [5.74, 6) is 0.663. The molecule has 1 aliphatic rings. The second-order valence-electron chi connectivity index (χ2n) is 5.11. The van der Waals surface area contributed by atoms with Gasteiger partial charge in [0.15, 0.2) is 6.29 Å². The van der Waals surface area contributed by atoms with E-state index >= 15 is 0 Å². The minimum Gasteiger partial charge on any atom is -0.351 e. The highest BCUT2D eigenvalue weighted by molar-refractivity contribution is 7.15. The molecule has 1 saturated heterocycles. The molecule has 0 aromatic carbocycles. The Morgan fingerprint density at radius 1 is 1.47 bits per heavy atom. The highest BCUT2D eigenvalue weighted by Gasteiger charge is 2.16. The van der Waals surface area contributed by atoms with Gasteiger partial charge in [0.1, 0.15) is 0 Å². The highest BCUT2D eigenvalue weighted by Crippen LogP contribution is 2.19. The van der Waals surface area contributed by atoms with E-state index in [0.29, 0.717) is 9.75 Å². The average Bonchev–Trinajstić information content (AvgIpc) is 2.90. The van der Waals surface area contributed by atoms with Gasteiger partial charge in [0.05, 0.1) is 9.75 Å². The minimum absolute atomic E-state index is 0.0639. The SMILES string of the molecule is CN1CCC(CCNC(=O)c2ccc(C=O)s2)CC1. The average molecular weight is 280 g/mol. The number of aldehydes is 1. The molecule has 1 N–H and O–H groups in total. The molecule has 0 bridgehead atoms. The number of carbonyl (C=O) groups excluding carboxylic acids is 2. The van der Waals surface area contributed by atoms with E-state index in [9.17, 15) is 9.59 Å². The predicted molar refractivity (Wildman–Crippen MR) is 76.9 cm³/mol. The fourth-order valence-electron chi connectivity index (χ4n) is 2.37. The summed E-state index contributed by atoms with van der Waals surface area (Å²) >= 11 is 1.24. The largest absolute Gasteiger partial charge is 0.351 e. The Morgan fingerprint density at radius 2 is 2.21 bits per heavy atom. The first-order valence-corrected chi connectivity index (χ1v) is 7.52. The van der Waals surface area contributed by atoms with Crippen LogP contribution in [0.3, 0.4) is 0 Å². The molecule has 2 rings (SSSR count). The molecule has 19 heavy (non-hydrogen) atoms. The van der Waals surface area contributed by atoms with E-state index in [0.717, 1.165) is 38.3 Å². The lowest BCUT2D eigenvalue weighted by atomic mass is 9.94. The Kier molecular flexibility index (Phi) is 5.10. The molecule has 1 aromatic heterocycles. The smallest absolute Gasteiger partial charge is 0.261 e. The molecule has 0 spiro atoms. The Labute approximate surface area is 117 Å². The van der Waals surface area contributed by atoms with Crippen molar-refractivity contribution >= 4 is 23.5 Å². The second kappa shape index (κ2) is 6.82. The van der Waals surface area contributed by atoms with Gasteiger partial charge >= 0.3 is 0 Å². The maximum atomic E-state index is 11.8. The Morgan fingerprint density at radius 3 is 2.84 bits per heavy atom. The molecular weight excluding hydrogens is 260 g/mol. The molecule has 0 unspecified atom stereocenters. The van der Waals surface area contributed by atoms with Crippen LogP contribution in [0.5, 0.6) is 0 Å². The monoisotopic (exact) mass is 280 g/mol. The van der Waals surface area contributed by atoms with Crippen molar-refractivity contribution < 1.29 is 9.59 Å². The van der Waals surface area contributed by atoms with E-state index in [1.807, 2.05) is 0 Å². The summed E-state index contributed by atoms with van der Waals surface area (Å²) in [5, 5.41) is 2.94. The summed E-state index contributed by atoms with van der Waals surface area (Å²) in [6.45, 7) is 3.04. The van der Waals surface area contributed by atoms with Gasteiger partial charge in [-0.3, -0.25) is 9.59 Å². The minimum atomic E-state index is -0.0639. The Hall–Kier alpha value is -1.20. The summed E-state index contributed by atoms with van der Waals surface area (Å²) in [4.78, 5) is 26.0. The van der Waals surface area contributed by atoms with Crippen LogP contribution in [0.25, 0.3) is 0 Å². The van der Waals surface area contributed by atoms with Gasteiger partial charge in [-0.05, 0) is 57.5 Å². The fraction of sp³-hybridized carbons (Fsp3) is 0.571. The van der Waals surface area contributed by atoms with Crippen molar-refractivity contribution in [1.29, 1.82) is 0 Å². The molecule has 2 heterocycles. The van der Waals surface area contributed by atoms with Crippen molar-refractivity contribution in [3.63, 3.8) is 0 Å². The van der Waals surface area contributed by atoms with Crippen molar-refractivity contribution in [2.75, 3.05) is 26.7 Å². The number of nitrogens with one attached hydrogen (secondary N) is 1. The van der Waals surface area contributed by atoms with E-state index in [1.54, 1.807) is 12.1 Å². The van der Waals surface area contributed by atoms with E-state index in [2.05, 4.69) is 17.3 Å². The third-order valence-electron chi connectivity index (χ3n) is 3.64. The van der Waals surface area contributed by atoms with E-state index in [1.165, 1.54) is 24.2 Å². The third-order valence-corrected chi connectivity index (χ3v) is 4.65. The van der Waals surface area contributed by atoms with Crippen LogP contribution in [-0.2, 0) is 0 Å². The van der Waals surface area contributed by atoms with E-state index < -0.39 is 0 Å². The van der Waals surface area contributed by atoms with E-state index in [4.69, 9.17) is 0 Å². The van der Waals surface area contributed by atoms with Gasteiger partial charge in [0.2, 0.25) is 0 Å². The number of hydrogen-bond donors (Lipinski definition) is 1. The van der Waals surface area contributed by atoms with Crippen molar-refractivity contribution in [2.24, 2.45) is 5.92 Å². The zero-order valence-electron chi connectivity index (χ0n) is 11.2. The molecule has 5 heteroatoms. The van der Waals surface area contributed by atoms with Gasteiger partial charge in [-0.2, -0.15) is 0 Å². The third kappa shape index (κ3) is 4.14. The first-order chi connectivity index (χ1) is 9.19. The van der Waals surface area contributed by atoms with Crippen LogP contribution in [0, 0.1) is 5.92 Å². The van der Waals surface area contributed by atoms with Gasteiger partial charge in [0.25, 0.3) is 5.91 Å². The molecule has 4 nitrogen and oxygen atoms in total. The van der Waals surface area contributed by atoms with Crippen LogP contribution in [0.4, 0.5) is 0 Å². The maximum Gasteiger partial charge on any atom is 0.261 e. The van der Waals surface area contributed by atoms with Crippen LogP contribution in [0.2, 0.25) is 0 Å². The molecule has 0 saturated carbocycles. The summed E-state index contributed by atoms with van der Waals surface area (Å²) in [5.41, 5.74) is 0. The van der Waals surface area contributed by atoms with Crippen molar-refractivity contribution in [2.45, 2.75) is 19.3 Å². The van der Waals surface area contributed by atoms with Crippen molar-refractivity contribution in [3.8, 4) is 0 Å². The molecule has 1 aromatic rings. The number of rotatable bonds is 5. The summed E-state index contributed by atoms with van der Waals surface area (Å²) in [7, 11) is 2.15. The highest BCUT2D eigenvalue weighted by atomic mass is 32.1. The molecule has 0 aliphatic carbocycles. The lowest BCUT2D eigenvalue weighted by molar-refractivity contribution is 0.0952. The standard InChI is InChI=1S/C14H20N2O2S/c1-16-8-5-11(6-9-16)4-7-15-14(18)13-3-2-12(10-17)19-13/h2-3,10-11H,4-9H2,1H3,(H,15,18). The molecule has 0 radical (unpaired) electrons. The first-order valence-electron chi connectivity index (χ1n) is 6.71. The van der Waals surface area contributed by atoms with Gasteiger partial charge in [-0.1, -0.05) is 0 Å².